The first kappa shape index (κ1) is 20.6. The highest BCUT2D eigenvalue weighted by Crippen LogP contribution is 2.62. The van der Waals surface area contributed by atoms with Gasteiger partial charge in [-0.2, -0.15) is 0 Å². The summed E-state index contributed by atoms with van der Waals surface area (Å²) < 4.78 is 0. The third-order valence-electron chi connectivity index (χ3n) is 8.83. The zero-order chi connectivity index (χ0) is 23.0. The summed E-state index contributed by atoms with van der Waals surface area (Å²) in [5.74, 6) is 2.95. The first-order valence-corrected chi connectivity index (χ1v) is 13.2. The molecule has 4 saturated carbocycles. The van der Waals surface area contributed by atoms with Gasteiger partial charge in [0.25, 0.3) is 5.24 Å². The van der Waals surface area contributed by atoms with Gasteiger partial charge in [-0.25, -0.2) is 0 Å². The fraction of sp³-hybridized carbons (Fsp3) is 0.379. The lowest BCUT2D eigenvalue weighted by molar-refractivity contribution is -0.112. The van der Waals surface area contributed by atoms with Crippen molar-refractivity contribution in [2.45, 2.75) is 50.0 Å². The van der Waals surface area contributed by atoms with E-state index in [9.17, 15) is 14.7 Å². The van der Waals surface area contributed by atoms with Crippen LogP contribution in [0.3, 0.4) is 0 Å². The minimum atomic E-state index is -0.568. The molecule has 1 heterocycles. The summed E-state index contributed by atoms with van der Waals surface area (Å²) in [4.78, 5) is 23.7. The molecule has 1 saturated heterocycles. The number of carbonyl (C=O) groups excluding carboxylic acids is 2. The van der Waals surface area contributed by atoms with Crippen LogP contribution in [-0.2, 0) is 10.2 Å². The van der Waals surface area contributed by atoms with Gasteiger partial charge in [0, 0.05) is 17.3 Å². The Hall–Kier alpha value is -2.79. The van der Waals surface area contributed by atoms with Gasteiger partial charge in [0.05, 0.1) is 0 Å². The number of phenols is 1. The summed E-state index contributed by atoms with van der Waals surface area (Å²) in [5.41, 5.74) is 4.40. The van der Waals surface area contributed by atoms with Gasteiger partial charge >= 0.3 is 0 Å². The highest BCUT2D eigenvalue weighted by atomic mass is 32.2. The minimum Gasteiger partial charge on any atom is -0.508 e. The second-order valence-corrected chi connectivity index (χ2v) is 12.0. The standard InChI is InChI=1S/C29H27NO3S/c31-25-6-5-22(12-24(25)29-13-16-7-17(14-29)9-18(8-16)15-29)20-1-2-21-11-23(4-3-19(21)10-20)26-27(32)34-28(33)30-26/h1-6,10-12,16-18,26,31H,7-9,13-15H2,(H,30,33). The molecule has 4 aliphatic carbocycles. The van der Waals surface area contributed by atoms with Crippen molar-refractivity contribution >= 4 is 32.9 Å². The predicted molar refractivity (Wildman–Crippen MR) is 135 cm³/mol. The van der Waals surface area contributed by atoms with Crippen molar-refractivity contribution in [2.75, 3.05) is 0 Å². The highest BCUT2D eigenvalue weighted by Gasteiger charge is 2.52. The van der Waals surface area contributed by atoms with Gasteiger partial charge in [0.15, 0.2) is 0 Å². The average Bonchev–Trinajstić information content (AvgIpc) is 3.15. The van der Waals surface area contributed by atoms with E-state index in [1.807, 2.05) is 30.3 Å². The van der Waals surface area contributed by atoms with E-state index >= 15 is 0 Å². The lowest BCUT2D eigenvalue weighted by Crippen LogP contribution is -2.48. The number of hydrogen-bond donors (Lipinski definition) is 2. The number of carbonyl (C=O) groups is 2. The molecule has 1 atom stereocenters. The Labute approximate surface area is 203 Å². The Bertz CT molecular complexity index is 1330. The van der Waals surface area contributed by atoms with Gasteiger partial charge in [-0.3, -0.25) is 9.59 Å². The monoisotopic (exact) mass is 469 g/mol. The van der Waals surface area contributed by atoms with Gasteiger partial charge in [-0.05, 0) is 113 Å². The summed E-state index contributed by atoms with van der Waals surface area (Å²) in [6, 6.07) is 17.9. The number of fused-ring (bicyclic) bond motifs is 1. The molecule has 34 heavy (non-hydrogen) atoms. The first-order valence-electron chi connectivity index (χ1n) is 12.4. The van der Waals surface area contributed by atoms with Crippen molar-refractivity contribution in [1.82, 2.24) is 5.32 Å². The molecule has 5 heteroatoms. The van der Waals surface area contributed by atoms with Crippen LogP contribution in [0.15, 0.2) is 54.6 Å². The van der Waals surface area contributed by atoms with Gasteiger partial charge in [-0.15, -0.1) is 0 Å². The van der Waals surface area contributed by atoms with Crippen molar-refractivity contribution in [3.05, 3.63) is 65.7 Å². The Morgan fingerprint density at radius 2 is 1.41 bits per heavy atom. The molecular weight excluding hydrogens is 442 g/mol. The number of aromatic hydroxyl groups is 1. The number of nitrogens with one attached hydrogen (secondary N) is 1. The predicted octanol–water partition coefficient (Wildman–Crippen LogP) is 6.70. The van der Waals surface area contributed by atoms with Crippen LogP contribution in [-0.4, -0.2) is 15.5 Å². The van der Waals surface area contributed by atoms with Gasteiger partial charge in [-0.1, -0.05) is 30.3 Å². The van der Waals surface area contributed by atoms with Crippen LogP contribution in [0.1, 0.15) is 55.7 Å². The maximum Gasteiger partial charge on any atom is 0.287 e. The first-order chi connectivity index (χ1) is 16.5. The summed E-state index contributed by atoms with van der Waals surface area (Å²) >= 11 is 0.742. The Balaban J connectivity index is 1.24. The van der Waals surface area contributed by atoms with Crippen LogP contribution in [0.25, 0.3) is 21.9 Å². The summed E-state index contributed by atoms with van der Waals surface area (Å²) in [5, 5.41) is 15.4. The molecule has 8 rings (SSSR count). The molecule has 1 amide bonds. The third kappa shape index (κ3) is 3.20. The van der Waals surface area contributed by atoms with Gasteiger partial charge in [0.2, 0.25) is 5.12 Å². The van der Waals surface area contributed by atoms with Gasteiger partial charge < -0.3 is 10.4 Å². The number of thioether (sulfide) groups is 1. The quantitative estimate of drug-likeness (QED) is 0.448. The van der Waals surface area contributed by atoms with Crippen LogP contribution in [0.2, 0.25) is 0 Å². The Morgan fingerprint density at radius 1 is 0.794 bits per heavy atom. The van der Waals surface area contributed by atoms with Crippen LogP contribution in [0, 0.1) is 17.8 Å². The fourth-order valence-electron chi connectivity index (χ4n) is 7.78. The Morgan fingerprint density at radius 3 is 2.09 bits per heavy atom. The topological polar surface area (TPSA) is 66.4 Å². The average molecular weight is 470 g/mol. The fourth-order valence-corrected chi connectivity index (χ4v) is 8.45. The normalized spacial score (nSPS) is 31.9. The Kier molecular flexibility index (Phi) is 4.45. The molecule has 172 valence electrons. The largest absolute Gasteiger partial charge is 0.508 e. The number of hydrogen-bond acceptors (Lipinski definition) is 4. The van der Waals surface area contributed by atoms with E-state index in [1.54, 1.807) is 0 Å². The number of rotatable bonds is 3. The van der Waals surface area contributed by atoms with Crippen molar-refractivity contribution in [3.8, 4) is 16.9 Å². The van der Waals surface area contributed by atoms with Crippen LogP contribution in [0.4, 0.5) is 4.79 Å². The molecule has 3 aromatic rings. The molecular formula is C29H27NO3S. The summed E-state index contributed by atoms with van der Waals surface area (Å²) in [7, 11) is 0. The molecule has 0 radical (unpaired) electrons. The zero-order valence-corrected chi connectivity index (χ0v) is 19.7. The van der Waals surface area contributed by atoms with E-state index in [2.05, 4.69) is 29.6 Å². The lowest BCUT2D eigenvalue weighted by Gasteiger charge is -2.57. The molecule has 5 fully saturated rings. The van der Waals surface area contributed by atoms with E-state index in [-0.39, 0.29) is 15.8 Å². The second-order valence-electron chi connectivity index (χ2n) is 11.0. The zero-order valence-electron chi connectivity index (χ0n) is 18.9. The molecule has 4 bridgehead atoms. The van der Waals surface area contributed by atoms with E-state index in [4.69, 9.17) is 0 Å². The third-order valence-corrected chi connectivity index (χ3v) is 9.57. The van der Waals surface area contributed by atoms with Crippen molar-refractivity contribution < 1.29 is 14.7 Å². The molecule has 0 spiro atoms. The highest BCUT2D eigenvalue weighted by molar-refractivity contribution is 8.26. The van der Waals surface area contributed by atoms with Crippen molar-refractivity contribution in [2.24, 2.45) is 17.8 Å². The van der Waals surface area contributed by atoms with Crippen molar-refractivity contribution in [1.29, 1.82) is 0 Å². The molecule has 1 unspecified atom stereocenters. The molecule has 1 aliphatic heterocycles. The maximum absolute atomic E-state index is 12.1. The minimum absolute atomic E-state index is 0.150. The molecule has 0 aromatic heterocycles. The molecule has 3 aromatic carbocycles. The number of benzene rings is 3. The van der Waals surface area contributed by atoms with Crippen LogP contribution < -0.4 is 5.32 Å². The van der Waals surface area contributed by atoms with Crippen LogP contribution in [0.5, 0.6) is 5.75 Å². The summed E-state index contributed by atoms with van der Waals surface area (Å²) in [6.07, 6.45) is 7.85. The van der Waals surface area contributed by atoms with E-state index in [1.165, 1.54) is 38.5 Å². The van der Waals surface area contributed by atoms with Crippen LogP contribution >= 0.6 is 11.8 Å². The van der Waals surface area contributed by atoms with Crippen molar-refractivity contribution in [3.63, 3.8) is 0 Å². The maximum atomic E-state index is 12.1. The summed E-state index contributed by atoms with van der Waals surface area (Å²) in [6.45, 7) is 0. The van der Waals surface area contributed by atoms with E-state index in [0.29, 0.717) is 5.75 Å². The second kappa shape index (κ2) is 7.35. The van der Waals surface area contributed by atoms with E-state index in [0.717, 1.165) is 62.5 Å². The van der Waals surface area contributed by atoms with E-state index < -0.39 is 6.04 Å². The smallest absolute Gasteiger partial charge is 0.287 e. The molecule has 4 nitrogen and oxygen atoms in total. The number of phenolic OH excluding ortho intramolecular Hbond substituents is 1. The molecule has 5 aliphatic rings. The lowest BCUT2D eigenvalue weighted by atomic mass is 9.48. The van der Waals surface area contributed by atoms with Gasteiger partial charge in [0.1, 0.15) is 11.8 Å². The molecule has 2 N–H and O–H groups in total. The SMILES string of the molecule is O=C1NC(c2ccc3cc(-c4ccc(O)c(C56CC7CC(CC(C7)C5)C6)c4)ccc3c2)C(=O)S1. The number of amides is 1.